The summed E-state index contributed by atoms with van der Waals surface area (Å²) in [5.74, 6) is 1.74. The molecule has 1 aromatic rings. The van der Waals surface area contributed by atoms with Crippen molar-refractivity contribution in [2.24, 2.45) is 0 Å². The van der Waals surface area contributed by atoms with E-state index in [0.29, 0.717) is 25.4 Å². The van der Waals surface area contributed by atoms with Crippen LogP contribution in [0.25, 0.3) is 0 Å². The largest absolute Gasteiger partial charge is 0.388 e. The van der Waals surface area contributed by atoms with Gasteiger partial charge in [0.15, 0.2) is 0 Å². The number of ether oxygens (including phenoxy) is 1. The fraction of sp³-hybridized carbons (Fsp3) is 0.692. The summed E-state index contributed by atoms with van der Waals surface area (Å²) in [6, 6.07) is 1.80. The average Bonchev–Trinajstić information content (AvgIpc) is 2.33. The minimum atomic E-state index is -0.828. The Morgan fingerprint density at radius 1 is 1.47 bits per heavy atom. The van der Waals surface area contributed by atoms with Gasteiger partial charge in [-0.05, 0) is 22.9 Å². The number of halogens is 1. The Balaban J connectivity index is 2.67. The van der Waals surface area contributed by atoms with Crippen molar-refractivity contribution in [3.05, 3.63) is 16.5 Å². The fourth-order valence-corrected chi connectivity index (χ4v) is 1.87. The molecule has 2 N–H and O–H groups in total. The molecular formula is C13H22BrN3O2. The second-order valence-corrected chi connectivity index (χ2v) is 5.99. The Bertz CT molecular complexity index is 411. The van der Waals surface area contributed by atoms with E-state index in [2.05, 4.69) is 31.2 Å². The molecule has 0 bridgehead atoms. The smallest absolute Gasteiger partial charge is 0.134 e. The van der Waals surface area contributed by atoms with E-state index in [1.807, 2.05) is 13.8 Å². The van der Waals surface area contributed by atoms with Crippen LogP contribution in [0.1, 0.15) is 38.9 Å². The molecule has 108 valence electrons. The maximum absolute atomic E-state index is 10.2. The predicted octanol–water partition coefficient (Wildman–Crippen LogP) is 2.56. The molecule has 19 heavy (non-hydrogen) atoms. The van der Waals surface area contributed by atoms with Crippen LogP contribution in [-0.4, -0.2) is 40.9 Å². The molecule has 0 fully saturated rings. The van der Waals surface area contributed by atoms with E-state index in [1.54, 1.807) is 20.1 Å². The maximum Gasteiger partial charge on any atom is 0.134 e. The Labute approximate surface area is 122 Å². The van der Waals surface area contributed by atoms with Crippen LogP contribution < -0.4 is 5.32 Å². The number of aliphatic hydroxyl groups is 1. The molecule has 0 saturated carbocycles. The summed E-state index contributed by atoms with van der Waals surface area (Å²) in [7, 11) is 1.62. The molecular weight excluding hydrogens is 310 g/mol. The van der Waals surface area contributed by atoms with Crippen molar-refractivity contribution in [3.63, 3.8) is 0 Å². The van der Waals surface area contributed by atoms with Crippen LogP contribution >= 0.6 is 15.9 Å². The first kappa shape index (κ1) is 16.3. The number of hydrogen-bond donors (Lipinski definition) is 2. The molecule has 1 aromatic heterocycles. The van der Waals surface area contributed by atoms with Crippen molar-refractivity contribution >= 4 is 21.7 Å². The molecule has 0 aliphatic rings. The van der Waals surface area contributed by atoms with Crippen molar-refractivity contribution in [3.8, 4) is 0 Å². The van der Waals surface area contributed by atoms with Crippen LogP contribution in [0.15, 0.2) is 10.7 Å². The zero-order valence-corrected chi connectivity index (χ0v) is 13.5. The van der Waals surface area contributed by atoms with Gasteiger partial charge >= 0.3 is 0 Å². The highest BCUT2D eigenvalue weighted by molar-refractivity contribution is 9.10. The van der Waals surface area contributed by atoms with Crippen LogP contribution in [-0.2, 0) is 4.74 Å². The summed E-state index contributed by atoms with van der Waals surface area (Å²) in [4.78, 5) is 8.73. The van der Waals surface area contributed by atoms with Gasteiger partial charge < -0.3 is 15.2 Å². The monoisotopic (exact) mass is 331 g/mol. The van der Waals surface area contributed by atoms with Crippen molar-refractivity contribution in [1.29, 1.82) is 0 Å². The number of hydrogen-bond acceptors (Lipinski definition) is 5. The lowest BCUT2D eigenvalue weighted by Gasteiger charge is -2.23. The van der Waals surface area contributed by atoms with Crippen molar-refractivity contribution < 1.29 is 9.84 Å². The Kier molecular flexibility index (Phi) is 6.16. The predicted molar refractivity (Wildman–Crippen MR) is 79.4 cm³/mol. The summed E-state index contributed by atoms with van der Waals surface area (Å²) in [5.41, 5.74) is -0.828. The standard InChI is InChI=1S/C13H22BrN3O2/c1-9(2)12-16-10(14)7-11(17-12)15-8-13(3,18)5-6-19-4/h7,9,18H,5-6,8H2,1-4H3,(H,15,16,17). The molecule has 0 aliphatic heterocycles. The lowest BCUT2D eigenvalue weighted by atomic mass is 10.0. The zero-order chi connectivity index (χ0) is 14.5. The summed E-state index contributed by atoms with van der Waals surface area (Å²) < 4.78 is 5.72. The third kappa shape index (κ3) is 5.84. The average molecular weight is 332 g/mol. The number of anilines is 1. The molecule has 1 heterocycles. The maximum atomic E-state index is 10.2. The van der Waals surface area contributed by atoms with E-state index >= 15 is 0 Å². The van der Waals surface area contributed by atoms with Crippen LogP contribution in [0.2, 0.25) is 0 Å². The van der Waals surface area contributed by atoms with E-state index in [9.17, 15) is 5.11 Å². The minimum absolute atomic E-state index is 0.257. The number of rotatable bonds is 7. The van der Waals surface area contributed by atoms with Gasteiger partial charge in [0.05, 0.1) is 5.60 Å². The first-order valence-corrected chi connectivity index (χ1v) is 7.13. The van der Waals surface area contributed by atoms with Gasteiger partial charge in [-0.25, -0.2) is 9.97 Å². The molecule has 0 aromatic carbocycles. The summed E-state index contributed by atoms with van der Waals surface area (Å²) in [6.45, 7) is 6.80. The summed E-state index contributed by atoms with van der Waals surface area (Å²) in [6.07, 6.45) is 0.569. The highest BCUT2D eigenvalue weighted by Crippen LogP contribution is 2.18. The number of aromatic nitrogens is 2. The molecule has 1 unspecified atom stereocenters. The van der Waals surface area contributed by atoms with Gasteiger partial charge in [0.2, 0.25) is 0 Å². The molecule has 0 amide bonds. The first-order valence-electron chi connectivity index (χ1n) is 6.34. The molecule has 0 spiro atoms. The second kappa shape index (κ2) is 7.17. The highest BCUT2D eigenvalue weighted by Gasteiger charge is 2.20. The quantitative estimate of drug-likeness (QED) is 0.751. The molecule has 1 atom stereocenters. The van der Waals surface area contributed by atoms with Crippen LogP contribution in [0, 0.1) is 0 Å². The van der Waals surface area contributed by atoms with Crippen LogP contribution in [0.5, 0.6) is 0 Å². The molecule has 6 heteroatoms. The number of methoxy groups -OCH3 is 1. The van der Waals surface area contributed by atoms with Crippen LogP contribution in [0.3, 0.4) is 0 Å². The molecule has 5 nitrogen and oxygen atoms in total. The normalized spacial score (nSPS) is 14.5. The van der Waals surface area contributed by atoms with Gasteiger partial charge in [0, 0.05) is 38.7 Å². The van der Waals surface area contributed by atoms with E-state index in [-0.39, 0.29) is 5.92 Å². The topological polar surface area (TPSA) is 67.3 Å². The van der Waals surface area contributed by atoms with Crippen molar-refractivity contribution in [2.45, 2.75) is 38.7 Å². The van der Waals surface area contributed by atoms with E-state index in [1.165, 1.54) is 0 Å². The van der Waals surface area contributed by atoms with Gasteiger partial charge in [-0.1, -0.05) is 13.8 Å². The summed E-state index contributed by atoms with van der Waals surface area (Å²) >= 11 is 3.37. The van der Waals surface area contributed by atoms with Crippen molar-refractivity contribution in [2.75, 3.05) is 25.6 Å². The Morgan fingerprint density at radius 2 is 2.16 bits per heavy atom. The third-order valence-corrected chi connectivity index (χ3v) is 3.13. The van der Waals surface area contributed by atoms with Crippen molar-refractivity contribution in [1.82, 2.24) is 9.97 Å². The van der Waals surface area contributed by atoms with E-state index in [4.69, 9.17) is 4.74 Å². The highest BCUT2D eigenvalue weighted by atomic mass is 79.9. The number of nitrogens with zero attached hydrogens (tertiary/aromatic N) is 2. The van der Waals surface area contributed by atoms with Gasteiger partial charge in [0.1, 0.15) is 16.2 Å². The van der Waals surface area contributed by atoms with Gasteiger partial charge in [0.25, 0.3) is 0 Å². The Morgan fingerprint density at radius 3 is 2.74 bits per heavy atom. The van der Waals surface area contributed by atoms with Gasteiger partial charge in [-0.2, -0.15) is 0 Å². The molecule has 0 saturated heterocycles. The molecule has 0 radical (unpaired) electrons. The second-order valence-electron chi connectivity index (χ2n) is 5.18. The van der Waals surface area contributed by atoms with Crippen LogP contribution in [0.4, 0.5) is 5.82 Å². The first-order chi connectivity index (χ1) is 8.84. The minimum Gasteiger partial charge on any atom is -0.388 e. The SMILES string of the molecule is COCCC(C)(O)CNc1cc(Br)nc(C(C)C)n1. The number of nitrogens with one attached hydrogen (secondary N) is 1. The van der Waals surface area contributed by atoms with E-state index in [0.717, 1.165) is 10.4 Å². The third-order valence-electron chi connectivity index (χ3n) is 2.72. The lowest BCUT2D eigenvalue weighted by molar-refractivity contribution is 0.0357. The zero-order valence-electron chi connectivity index (χ0n) is 11.9. The van der Waals surface area contributed by atoms with E-state index < -0.39 is 5.60 Å². The molecule has 1 rings (SSSR count). The lowest BCUT2D eigenvalue weighted by Crippen LogP contribution is -2.35. The van der Waals surface area contributed by atoms with Gasteiger partial charge in [-0.3, -0.25) is 0 Å². The Hall–Kier alpha value is -0.720. The van der Waals surface area contributed by atoms with Gasteiger partial charge in [-0.15, -0.1) is 0 Å². The molecule has 0 aliphatic carbocycles. The summed E-state index contributed by atoms with van der Waals surface area (Å²) in [5, 5.41) is 13.3. The fourth-order valence-electron chi connectivity index (χ4n) is 1.48.